The Morgan fingerprint density at radius 1 is 1.21 bits per heavy atom. The SMILES string of the molecule is COC(=O)c1ccc(OC)cc1OCC(=O)N[C@H]1CCCC[C@@H]1C. The van der Waals surface area contributed by atoms with Crippen molar-refractivity contribution >= 4 is 11.9 Å². The van der Waals surface area contributed by atoms with Crippen LogP contribution in [0, 0.1) is 5.92 Å². The molecular formula is C18H25NO5. The molecule has 1 amide bonds. The minimum absolute atomic E-state index is 0.152. The molecule has 1 fully saturated rings. The Morgan fingerprint density at radius 2 is 1.96 bits per heavy atom. The van der Waals surface area contributed by atoms with Gasteiger partial charge in [-0.2, -0.15) is 0 Å². The molecule has 0 spiro atoms. The molecule has 0 saturated heterocycles. The Hall–Kier alpha value is -2.24. The summed E-state index contributed by atoms with van der Waals surface area (Å²) in [6.07, 6.45) is 4.49. The molecule has 0 bridgehead atoms. The van der Waals surface area contributed by atoms with E-state index in [0.717, 1.165) is 19.3 Å². The number of carbonyl (C=O) groups is 2. The van der Waals surface area contributed by atoms with E-state index < -0.39 is 5.97 Å². The summed E-state index contributed by atoms with van der Waals surface area (Å²) in [7, 11) is 2.82. The molecule has 2 atom stereocenters. The van der Waals surface area contributed by atoms with Gasteiger partial charge in [-0.05, 0) is 30.9 Å². The van der Waals surface area contributed by atoms with E-state index in [-0.39, 0.29) is 29.9 Å². The molecule has 24 heavy (non-hydrogen) atoms. The molecule has 1 saturated carbocycles. The summed E-state index contributed by atoms with van der Waals surface area (Å²) in [6, 6.07) is 4.97. The Kier molecular flexibility index (Phi) is 6.46. The van der Waals surface area contributed by atoms with Crippen molar-refractivity contribution in [1.29, 1.82) is 0 Å². The number of benzene rings is 1. The summed E-state index contributed by atoms with van der Waals surface area (Å²) in [5.41, 5.74) is 0.261. The quantitative estimate of drug-likeness (QED) is 0.809. The van der Waals surface area contributed by atoms with E-state index in [1.807, 2.05) is 0 Å². The van der Waals surface area contributed by atoms with Crippen molar-refractivity contribution in [2.24, 2.45) is 5.92 Å². The predicted octanol–water partition coefficient (Wildman–Crippen LogP) is 2.56. The lowest BCUT2D eigenvalue weighted by Crippen LogP contribution is -2.43. The predicted molar refractivity (Wildman–Crippen MR) is 89.4 cm³/mol. The summed E-state index contributed by atoms with van der Waals surface area (Å²) < 4.78 is 15.4. The Balaban J connectivity index is 1.99. The first kappa shape index (κ1) is 18.1. The fraction of sp³-hybridized carbons (Fsp3) is 0.556. The molecule has 0 unspecified atom stereocenters. The fourth-order valence-corrected chi connectivity index (χ4v) is 2.95. The second-order valence-corrected chi connectivity index (χ2v) is 6.08. The number of hydrogen-bond donors (Lipinski definition) is 1. The van der Waals surface area contributed by atoms with E-state index in [2.05, 4.69) is 12.2 Å². The highest BCUT2D eigenvalue weighted by Crippen LogP contribution is 2.26. The van der Waals surface area contributed by atoms with Gasteiger partial charge in [-0.15, -0.1) is 0 Å². The maximum absolute atomic E-state index is 12.2. The number of rotatable bonds is 6. The van der Waals surface area contributed by atoms with Crippen LogP contribution in [0.4, 0.5) is 0 Å². The zero-order valence-corrected chi connectivity index (χ0v) is 14.5. The number of carbonyl (C=O) groups excluding carboxylic acids is 2. The van der Waals surface area contributed by atoms with Crippen LogP contribution in [-0.2, 0) is 9.53 Å². The van der Waals surface area contributed by atoms with Gasteiger partial charge in [0.05, 0.1) is 14.2 Å². The first-order valence-corrected chi connectivity index (χ1v) is 8.23. The molecule has 0 aliphatic heterocycles. The van der Waals surface area contributed by atoms with Crippen molar-refractivity contribution in [2.45, 2.75) is 38.6 Å². The first-order chi connectivity index (χ1) is 11.5. The third kappa shape index (κ3) is 4.63. The van der Waals surface area contributed by atoms with Gasteiger partial charge in [0.2, 0.25) is 0 Å². The summed E-state index contributed by atoms with van der Waals surface area (Å²) in [6.45, 7) is 2.00. The molecular weight excluding hydrogens is 310 g/mol. The van der Waals surface area contributed by atoms with Crippen LogP contribution in [0.15, 0.2) is 18.2 Å². The van der Waals surface area contributed by atoms with Crippen LogP contribution in [0.5, 0.6) is 11.5 Å². The molecule has 0 radical (unpaired) electrons. The minimum atomic E-state index is -0.519. The Morgan fingerprint density at radius 3 is 2.62 bits per heavy atom. The van der Waals surface area contributed by atoms with Crippen LogP contribution in [0.2, 0.25) is 0 Å². The van der Waals surface area contributed by atoms with E-state index in [0.29, 0.717) is 11.7 Å². The highest BCUT2D eigenvalue weighted by atomic mass is 16.5. The summed E-state index contributed by atoms with van der Waals surface area (Å²) >= 11 is 0. The lowest BCUT2D eigenvalue weighted by Gasteiger charge is -2.29. The molecule has 0 heterocycles. The van der Waals surface area contributed by atoms with Crippen LogP contribution < -0.4 is 14.8 Å². The van der Waals surface area contributed by atoms with Crippen LogP contribution >= 0.6 is 0 Å². The maximum atomic E-state index is 12.2. The van der Waals surface area contributed by atoms with Gasteiger partial charge in [0.15, 0.2) is 6.61 Å². The number of esters is 1. The molecule has 1 aromatic carbocycles. The smallest absolute Gasteiger partial charge is 0.341 e. The van der Waals surface area contributed by atoms with Gasteiger partial charge in [0, 0.05) is 12.1 Å². The van der Waals surface area contributed by atoms with Crippen molar-refractivity contribution in [1.82, 2.24) is 5.32 Å². The lowest BCUT2D eigenvalue weighted by atomic mass is 9.86. The average molecular weight is 335 g/mol. The Bertz CT molecular complexity index is 587. The molecule has 1 aliphatic rings. The van der Waals surface area contributed by atoms with Gasteiger partial charge < -0.3 is 19.5 Å². The first-order valence-electron chi connectivity index (χ1n) is 8.23. The van der Waals surface area contributed by atoms with E-state index in [1.165, 1.54) is 20.6 Å². The van der Waals surface area contributed by atoms with Crippen LogP contribution in [0.25, 0.3) is 0 Å². The van der Waals surface area contributed by atoms with Crippen LogP contribution in [0.1, 0.15) is 43.0 Å². The third-order valence-electron chi connectivity index (χ3n) is 4.41. The zero-order valence-electron chi connectivity index (χ0n) is 14.5. The molecule has 6 nitrogen and oxygen atoms in total. The monoisotopic (exact) mass is 335 g/mol. The summed E-state index contributed by atoms with van der Waals surface area (Å²) in [5.74, 6) is 0.582. The van der Waals surface area contributed by atoms with E-state index in [4.69, 9.17) is 14.2 Å². The number of ether oxygens (including phenoxy) is 3. The fourth-order valence-electron chi connectivity index (χ4n) is 2.95. The summed E-state index contributed by atoms with van der Waals surface area (Å²) in [4.78, 5) is 23.9. The second-order valence-electron chi connectivity index (χ2n) is 6.08. The number of hydrogen-bond acceptors (Lipinski definition) is 5. The van der Waals surface area contributed by atoms with Gasteiger partial charge in [-0.3, -0.25) is 4.79 Å². The van der Waals surface area contributed by atoms with E-state index >= 15 is 0 Å². The molecule has 132 valence electrons. The van der Waals surface area contributed by atoms with Gasteiger partial charge in [-0.25, -0.2) is 4.79 Å². The normalized spacial score (nSPS) is 20.1. The topological polar surface area (TPSA) is 73.9 Å². The van der Waals surface area contributed by atoms with Crippen LogP contribution in [0.3, 0.4) is 0 Å². The van der Waals surface area contributed by atoms with E-state index in [1.54, 1.807) is 18.2 Å². The highest BCUT2D eigenvalue weighted by molar-refractivity contribution is 5.92. The summed E-state index contributed by atoms with van der Waals surface area (Å²) in [5, 5.41) is 3.02. The minimum Gasteiger partial charge on any atom is -0.497 e. The lowest BCUT2D eigenvalue weighted by molar-refractivity contribution is -0.124. The number of nitrogens with one attached hydrogen (secondary N) is 1. The molecule has 6 heteroatoms. The van der Waals surface area contributed by atoms with Crippen molar-refractivity contribution in [3.8, 4) is 11.5 Å². The van der Waals surface area contributed by atoms with Gasteiger partial charge in [0.1, 0.15) is 17.1 Å². The van der Waals surface area contributed by atoms with Gasteiger partial charge >= 0.3 is 5.97 Å². The largest absolute Gasteiger partial charge is 0.497 e. The second kappa shape index (κ2) is 8.57. The number of methoxy groups -OCH3 is 2. The zero-order chi connectivity index (χ0) is 17.5. The van der Waals surface area contributed by atoms with Crippen molar-refractivity contribution < 1.29 is 23.8 Å². The molecule has 0 aromatic heterocycles. The van der Waals surface area contributed by atoms with Gasteiger partial charge in [-0.1, -0.05) is 19.8 Å². The molecule has 1 aliphatic carbocycles. The van der Waals surface area contributed by atoms with Gasteiger partial charge in [0.25, 0.3) is 5.91 Å². The number of amides is 1. The Labute approximate surface area is 142 Å². The third-order valence-corrected chi connectivity index (χ3v) is 4.41. The standard InChI is InChI=1S/C18H25NO5/c1-12-6-4-5-7-15(12)19-17(20)11-24-16-10-13(22-2)8-9-14(16)18(21)23-3/h8-10,12,15H,4-7,11H2,1-3H3,(H,19,20)/t12-,15-/m0/s1. The van der Waals surface area contributed by atoms with Crippen molar-refractivity contribution in [2.75, 3.05) is 20.8 Å². The van der Waals surface area contributed by atoms with E-state index in [9.17, 15) is 9.59 Å². The average Bonchev–Trinajstić information content (AvgIpc) is 2.61. The molecule has 2 rings (SSSR count). The highest BCUT2D eigenvalue weighted by Gasteiger charge is 2.23. The molecule has 1 N–H and O–H groups in total. The molecule has 1 aromatic rings. The van der Waals surface area contributed by atoms with Crippen molar-refractivity contribution in [3.63, 3.8) is 0 Å². The van der Waals surface area contributed by atoms with Crippen molar-refractivity contribution in [3.05, 3.63) is 23.8 Å². The maximum Gasteiger partial charge on any atom is 0.341 e. The van der Waals surface area contributed by atoms with Crippen LogP contribution in [-0.4, -0.2) is 38.7 Å².